The maximum atomic E-state index is 5.94. The first-order valence-corrected chi connectivity index (χ1v) is 5.45. The molecule has 1 unspecified atom stereocenters. The van der Waals surface area contributed by atoms with Crippen LogP contribution >= 0.6 is 27.5 Å². The normalized spacial score (nSPS) is 12.1. The van der Waals surface area contributed by atoms with Crippen LogP contribution in [0.1, 0.15) is 24.4 Å². The average molecular weight is 273 g/mol. The summed E-state index contributed by atoms with van der Waals surface area (Å²) in [5.74, 6) is 2.57. The Labute approximate surface area is 97.8 Å². The highest BCUT2D eigenvalue weighted by Crippen LogP contribution is 2.24. The number of rotatable bonds is 3. The lowest BCUT2D eigenvalue weighted by Crippen LogP contribution is -2.09. The fourth-order valence-electron chi connectivity index (χ4n) is 1.19. The van der Waals surface area contributed by atoms with Gasteiger partial charge in [-0.05, 0) is 30.2 Å². The minimum atomic E-state index is -0.0407. The standard InChI is InChI=1S/C11H11BrClN/c1-2-3-4-11(14)8-5-9(12)7-10(13)6-8/h1,5-7,11H,3-4,14H2. The number of benzene rings is 1. The molecular weight excluding hydrogens is 261 g/mol. The molecule has 0 saturated carbocycles. The average Bonchev–Trinajstić information content (AvgIpc) is 2.12. The highest BCUT2D eigenvalue weighted by molar-refractivity contribution is 9.10. The lowest BCUT2D eigenvalue weighted by molar-refractivity contribution is 0.667. The van der Waals surface area contributed by atoms with Crippen LogP contribution in [0.5, 0.6) is 0 Å². The highest BCUT2D eigenvalue weighted by atomic mass is 79.9. The van der Waals surface area contributed by atoms with Gasteiger partial charge < -0.3 is 5.73 Å². The first kappa shape index (κ1) is 11.6. The molecule has 0 bridgehead atoms. The molecule has 1 aromatic rings. The van der Waals surface area contributed by atoms with Crippen LogP contribution in [0, 0.1) is 12.3 Å². The Morgan fingerprint density at radius 3 is 2.79 bits per heavy atom. The van der Waals surface area contributed by atoms with Crippen LogP contribution in [-0.2, 0) is 0 Å². The molecule has 0 saturated heterocycles. The van der Waals surface area contributed by atoms with Crippen molar-refractivity contribution in [2.24, 2.45) is 5.73 Å². The molecule has 2 N–H and O–H groups in total. The Balaban J connectivity index is 2.79. The maximum Gasteiger partial charge on any atom is 0.0420 e. The summed E-state index contributed by atoms with van der Waals surface area (Å²) in [5.41, 5.74) is 6.96. The molecule has 0 radical (unpaired) electrons. The maximum absolute atomic E-state index is 5.94. The molecular formula is C11H11BrClN. The third kappa shape index (κ3) is 3.34. The van der Waals surface area contributed by atoms with Gasteiger partial charge in [-0.1, -0.05) is 27.5 Å². The highest BCUT2D eigenvalue weighted by Gasteiger charge is 2.06. The molecule has 0 heterocycles. The Kier molecular flexibility index (Phi) is 4.47. The van der Waals surface area contributed by atoms with E-state index in [1.807, 2.05) is 18.2 Å². The molecule has 0 aliphatic rings. The van der Waals surface area contributed by atoms with Gasteiger partial charge in [0, 0.05) is 22.0 Å². The Hall–Kier alpha value is -0.490. The number of halogens is 2. The fourth-order valence-corrected chi connectivity index (χ4v) is 2.08. The Bertz CT molecular complexity index is 337. The minimum Gasteiger partial charge on any atom is -0.324 e. The summed E-state index contributed by atoms with van der Waals surface area (Å²) < 4.78 is 0.941. The van der Waals surface area contributed by atoms with E-state index in [1.165, 1.54) is 0 Å². The van der Waals surface area contributed by atoms with Crippen LogP contribution in [0.4, 0.5) is 0 Å². The van der Waals surface area contributed by atoms with E-state index in [9.17, 15) is 0 Å². The van der Waals surface area contributed by atoms with Gasteiger partial charge in [0.25, 0.3) is 0 Å². The molecule has 1 atom stereocenters. The second-order valence-electron chi connectivity index (χ2n) is 3.05. The number of nitrogens with two attached hydrogens (primary N) is 1. The number of hydrogen-bond donors (Lipinski definition) is 1. The third-order valence-electron chi connectivity index (χ3n) is 1.91. The van der Waals surface area contributed by atoms with Crippen molar-refractivity contribution in [2.45, 2.75) is 18.9 Å². The zero-order valence-electron chi connectivity index (χ0n) is 7.63. The Morgan fingerprint density at radius 2 is 2.21 bits per heavy atom. The number of hydrogen-bond acceptors (Lipinski definition) is 1. The van der Waals surface area contributed by atoms with E-state index in [0.717, 1.165) is 16.5 Å². The molecule has 0 aromatic heterocycles. The topological polar surface area (TPSA) is 26.0 Å². The van der Waals surface area contributed by atoms with Gasteiger partial charge in [-0.2, -0.15) is 0 Å². The molecule has 0 aliphatic carbocycles. The minimum absolute atomic E-state index is 0.0407. The lowest BCUT2D eigenvalue weighted by atomic mass is 10.0. The van der Waals surface area contributed by atoms with E-state index in [1.54, 1.807) is 0 Å². The van der Waals surface area contributed by atoms with Gasteiger partial charge in [-0.25, -0.2) is 0 Å². The van der Waals surface area contributed by atoms with Crippen LogP contribution in [0.3, 0.4) is 0 Å². The molecule has 74 valence electrons. The molecule has 0 fully saturated rings. The second-order valence-corrected chi connectivity index (χ2v) is 4.40. The van der Waals surface area contributed by atoms with Crippen LogP contribution < -0.4 is 5.73 Å². The molecule has 0 amide bonds. The van der Waals surface area contributed by atoms with Crippen LogP contribution in [0.15, 0.2) is 22.7 Å². The van der Waals surface area contributed by atoms with E-state index >= 15 is 0 Å². The SMILES string of the molecule is C#CCCC(N)c1cc(Cl)cc(Br)c1. The summed E-state index contributed by atoms with van der Waals surface area (Å²) in [6.07, 6.45) is 6.64. The summed E-state index contributed by atoms with van der Waals surface area (Å²) >= 11 is 9.27. The molecule has 1 nitrogen and oxygen atoms in total. The van der Waals surface area contributed by atoms with Gasteiger partial charge in [-0.3, -0.25) is 0 Å². The molecule has 14 heavy (non-hydrogen) atoms. The zero-order chi connectivity index (χ0) is 10.6. The zero-order valence-corrected chi connectivity index (χ0v) is 9.98. The first-order chi connectivity index (χ1) is 6.63. The van der Waals surface area contributed by atoms with E-state index in [2.05, 4.69) is 21.9 Å². The van der Waals surface area contributed by atoms with Crippen molar-refractivity contribution in [1.29, 1.82) is 0 Å². The van der Waals surface area contributed by atoms with Gasteiger partial charge in [0.15, 0.2) is 0 Å². The van der Waals surface area contributed by atoms with Gasteiger partial charge in [0.05, 0.1) is 0 Å². The first-order valence-electron chi connectivity index (χ1n) is 4.28. The predicted octanol–water partition coefficient (Wildman–Crippen LogP) is 3.52. The van der Waals surface area contributed by atoms with E-state index < -0.39 is 0 Å². The molecule has 3 heteroatoms. The van der Waals surface area contributed by atoms with Crippen molar-refractivity contribution in [3.8, 4) is 12.3 Å². The summed E-state index contributed by atoms with van der Waals surface area (Å²) in [5, 5.41) is 0.686. The van der Waals surface area contributed by atoms with Gasteiger partial charge >= 0.3 is 0 Å². The van der Waals surface area contributed by atoms with E-state index in [0.29, 0.717) is 11.4 Å². The molecule has 1 rings (SSSR count). The summed E-state index contributed by atoms with van der Waals surface area (Å²) in [7, 11) is 0. The van der Waals surface area contributed by atoms with E-state index in [-0.39, 0.29) is 6.04 Å². The molecule has 0 spiro atoms. The van der Waals surface area contributed by atoms with Crippen LogP contribution in [0.25, 0.3) is 0 Å². The Morgan fingerprint density at radius 1 is 1.50 bits per heavy atom. The smallest absolute Gasteiger partial charge is 0.0420 e. The largest absolute Gasteiger partial charge is 0.324 e. The predicted molar refractivity (Wildman–Crippen MR) is 64.1 cm³/mol. The van der Waals surface area contributed by atoms with E-state index in [4.69, 9.17) is 23.8 Å². The fraction of sp³-hybridized carbons (Fsp3) is 0.273. The summed E-state index contributed by atoms with van der Waals surface area (Å²) in [4.78, 5) is 0. The molecule has 0 aliphatic heterocycles. The van der Waals surface area contributed by atoms with Crippen molar-refractivity contribution in [3.05, 3.63) is 33.3 Å². The monoisotopic (exact) mass is 271 g/mol. The second kappa shape index (κ2) is 5.41. The van der Waals surface area contributed by atoms with Crippen molar-refractivity contribution in [2.75, 3.05) is 0 Å². The van der Waals surface area contributed by atoms with Crippen molar-refractivity contribution >= 4 is 27.5 Å². The number of terminal acetylenes is 1. The summed E-state index contributed by atoms with van der Waals surface area (Å²) in [6, 6.07) is 5.63. The van der Waals surface area contributed by atoms with Gasteiger partial charge in [0.2, 0.25) is 0 Å². The van der Waals surface area contributed by atoms with Crippen molar-refractivity contribution < 1.29 is 0 Å². The quantitative estimate of drug-likeness (QED) is 0.837. The van der Waals surface area contributed by atoms with Crippen molar-refractivity contribution in [3.63, 3.8) is 0 Å². The van der Waals surface area contributed by atoms with Gasteiger partial charge in [0.1, 0.15) is 0 Å². The lowest BCUT2D eigenvalue weighted by Gasteiger charge is -2.11. The van der Waals surface area contributed by atoms with Crippen LogP contribution in [0.2, 0.25) is 5.02 Å². The summed E-state index contributed by atoms with van der Waals surface area (Å²) in [6.45, 7) is 0. The molecule has 1 aromatic carbocycles. The van der Waals surface area contributed by atoms with Crippen LogP contribution in [-0.4, -0.2) is 0 Å². The van der Waals surface area contributed by atoms with Gasteiger partial charge in [-0.15, -0.1) is 12.3 Å². The van der Waals surface area contributed by atoms with Crippen molar-refractivity contribution in [1.82, 2.24) is 0 Å². The third-order valence-corrected chi connectivity index (χ3v) is 2.59.